The summed E-state index contributed by atoms with van der Waals surface area (Å²) in [5.74, 6) is 0.761. The highest BCUT2D eigenvalue weighted by Gasteiger charge is 2.73. The van der Waals surface area contributed by atoms with Crippen LogP contribution in [-0.4, -0.2) is 30.1 Å². The summed E-state index contributed by atoms with van der Waals surface area (Å²) in [6.45, 7) is 0.405. The Morgan fingerprint density at radius 2 is 1.67 bits per heavy atom. The number of imide groups is 1. The molecule has 2 amide bonds. The highest BCUT2D eigenvalue weighted by molar-refractivity contribution is 6.07. The Kier molecular flexibility index (Phi) is 4.62. The molecule has 1 spiro atoms. The van der Waals surface area contributed by atoms with E-state index >= 15 is 0 Å². The smallest absolute Gasteiger partial charge is 0.254 e. The van der Waals surface area contributed by atoms with Gasteiger partial charge in [0.15, 0.2) is 11.5 Å². The lowest BCUT2D eigenvalue weighted by Crippen LogP contribution is -2.30. The molecule has 1 heterocycles. The standard InChI is InChI=1S/C30H26N2O4/c1-35-25-15-18(9-12-24(25)36-17-20-7-4-6-19-5-2-3-8-21(19)20)16-31-32-28(33)26-22-10-11-23(27(26)29(32)34)30(22)13-14-30/h2-12,15-16,22-23,26-27H,13-14,17H2,1H3/b31-16-/t22-,23-,26+,27+/m1/s1. The second kappa shape index (κ2) is 7.79. The van der Waals surface area contributed by atoms with Crippen LogP contribution in [-0.2, 0) is 16.2 Å². The summed E-state index contributed by atoms with van der Waals surface area (Å²) in [6, 6.07) is 19.9. The van der Waals surface area contributed by atoms with Crippen molar-refractivity contribution < 1.29 is 19.1 Å². The Morgan fingerprint density at radius 3 is 2.39 bits per heavy atom. The molecular weight excluding hydrogens is 452 g/mol. The lowest BCUT2D eigenvalue weighted by atomic mass is 9.85. The molecule has 2 bridgehead atoms. The molecule has 7 rings (SSSR count). The molecule has 3 aliphatic carbocycles. The van der Waals surface area contributed by atoms with Gasteiger partial charge in [0.25, 0.3) is 11.8 Å². The zero-order valence-corrected chi connectivity index (χ0v) is 20.0. The van der Waals surface area contributed by atoms with Crippen LogP contribution in [0.2, 0.25) is 0 Å². The van der Waals surface area contributed by atoms with Crippen LogP contribution >= 0.6 is 0 Å². The molecule has 1 saturated heterocycles. The third-order valence-corrected chi connectivity index (χ3v) is 8.60. The van der Waals surface area contributed by atoms with Gasteiger partial charge in [-0.3, -0.25) is 9.59 Å². The first-order valence-electron chi connectivity index (χ1n) is 12.5. The molecule has 0 radical (unpaired) electrons. The Balaban J connectivity index is 1.08. The number of fused-ring (bicyclic) bond motifs is 4. The van der Waals surface area contributed by atoms with Gasteiger partial charge in [0.1, 0.15) is 6.61 Å². The lowest BCUT2D eigenvalue weighted by Gasteiger charge is -2.18. The van der Waals surface area contributed by atoms with Crippen LogP contribution in [0.25, 0.3) is 10.8 Å². The first-order valence-corrected chi connectivity index (χ1v) is 12.5. The third-order valence-electron chi connectivity index (χ3n) is 8.60. The van der Waals surface area contributed by atoms with Gasteiger partial charge in [0, 0.05) is 0 Å². The molecule has 0 aromatic heterocycles. The first kappa shape index (κ1) is 21.4. The first-order chi connectivity index (χ1) is 17.6. The summed E-state index contributed by atoms with van der Waals surface area (Å²) in [6.07, 6.45) is 8.13. The SMILES string of the molecule is COc1cc(/C=N\N2C(=O)[C@@H]3[C@@H](C2=O)[C@H]2C=C[C@H]3C23CC3)ccc1OCc1cccc2ccccc12. The van der Waals surface area contributed by atoms with E-state index in [9.17, 15) is 9.59 Å². The van der Waals surface area contributed by atoms with Crippen molar-refractivity contribution in [3.05, 3.63) is 83.9 Å². The van der Waals surface area contributed by atoms with E-state index in [1.165, 1.54) is 5.39 Å². The second-order valence-electron chi connectivity index (χ2n) is 10.3. The molecule has 1 aliphatic heterocycles. The van der Waals surface area contributed by atoms with E-state index < -0.39 is 0 Å². The van der Waals surface area contributed by atoms with Gasteiger partial charge in [-0.25, -0.2) is 0 Å². The van der Waals surface area contributed by atoms with Gasteiger partial charge in [-0.15, -0.1) is 0 Å². The van der Waals surface area contributed by atoms with Crippen molar-refractivity contribution in [2.45, 2.75) is 19.4 Å². The number of allylic oxidation sites excluding steroid dienone is 2. The fraction of sp³-hybridized carbons (Fsp3) is 0.300. The summed E-state index contributed by atoms with van der Waals surface area (Å²) < 4.78 is 11.7. The fourth-order valence-electron chi connectivity index (χ4n) is 6.76. The van der Waals surface area contributed by atoms with Crippen LogP contribution in [0.5, 0.6) is 11.5 Å². The monoisotopic (exact) mass is 478 g/mol. The molecule has 4 atom stereocenters. The maximum absolute atomic E-state index is 13.1. The molecule has 6 nitrogen and oxygen atoms in total. The second-order valence-corrected chi connectivity index (χ2v) is 10.3. The highest BCUT2D eigenvalue weighted by Crippen LogP contribution is 2.73. The van der Waals surface area contributed by atoms with Gasteiger partial charge >= 0.3 is 0 Å². The van der Waals surface area contributed by atoms with E-state index in [1.54, 1.807) is 19.4 Å². The molecule has 3 fully saturated rings. The summed E-state index contributed by atoms with van der Waals surface area (Å²) in [7, 11) is 1.59. The number of amides is 2. The minimum Gasteiger partial charge on any atom is -0.493 e. The summed E-state index contributed by atoms with van der Waals surface area (Å²) >= 11 is 0. The van der Waals surface area contributed by atoms with E-state index in [4.69, 9.17) is 9.47 Å². The Labute approximate surface area is 209 Å². The van der Waals surface area contributed by atoms with Gasteiger partial charge in [-0.2, -0.15) is 10.1 Å². The molecule has 4 aliphatic rings. The molecule has 0 N–H and O–H groups in total. The predicted molar refractivity (Wildman–Crippen MR) is 135 cm³/mol. The molecule has 2 saturated carbocycles. The number of methoxy groups -OCH3 is 1. The number of ether oxygens (including phenoxy) is 2. The molecule has 3 aromatic carbocycles. The zero-order valence-electron chi connectivity index (χ0n) is 20.0. The van der Waals surface area contributed by atoms with E-state index in [0.717, 1.165) is 34.4 Å². The Bertz CT molecular complexity index is 1430. The number of hydrogen-bond acceptors (Lipinski definition) is 5. The average molecular weight is 479 g/mol. The number of hydrogen-bond donors (Lipinski definition) is 0. The molecule has 180 valence electrons. The van der Waals surface area contributed by atoms with Crippen molar-refractivity contribution in [3.8, 4) is 11.5 Å². The quantitative estimate of drug-likeness (QED) is 0.285. The van der Waals surface area contributed by atoms with Crippen molar-refractivity contribution in [3.63, 3.8) is 0 Å². The minimum absolute atomic E-state index is 0.161. The predicted octanol–water partition coefficient (Wildman–Crippen LogP) is 4.96. The molecule has 6 heteroatoms. The van der Waals surface area contributed by atoms with E-state index in [0.29, 0.717) is 18.1 Å². The molecule has 3 aromatic rings. The van der Waals surface area contributed by atoms with Crippen molar-refractivity contribution >= 4 is 28.8 Å². The fourth-order valence-corrected chi connectivity index (χ4v) is 6.76. The highest BCUT2D eigenvalue weighted by atomic mass is 16.5. The molecule has 0 unspecified atom stereocenters. The van der Waals surface area contributed by atoms with E-state index in [2.05, 4.69) is 41.5 Å². The topological polar surface area (TPSA) is 68.2 Å². The number of hydrazone groups is 1. The molecule has 36 heavy (non-hydrogen) atoms. The zero-order chi connectivity index (χ0) is 24.4. The van der Waals surface area contributed by atoms with Gasteiger partial charge in [-0.1, -0.05) is 54.6 Å². The third kappa shape index (κ3) is 3.00. The normalized spacial score (nSPS) is 27.0. The summed E-state index contributed by atoms with van der Waals surface area (Å²) in [5.41, 5.74) is 2.00. The van der Waals surface area contributed by atoms with Gasteiger partial charge in [0.05, 0.1) is 25.2 Å². The van der Waals surface area contributed by atoms with Crippen LogP contribution in [0.1, 0.15) is 24.0 Å². The number of carbonyl (C=O) groups is 2. The van der Waals surface area contributed by atoms with E-state index in [1.807, 2.05) is 30.3 Å². The average Bonchev–Trinajstić information content (AvgIpc) is 3.51. The lowest BCUT2D eigenvalue weighted by molar-refractivity contribution is -0.141. The number of carbonyl (C=O) groups excluding carboxylic acids is 2. The van der Waals surface area contributed by atoms with Crippen LogP contribution in [0.4, 0.5) is 0 Å². The number of nitrogens with zero attached hydrogens (tertiary/aromatic N) is 2. The van der Waals surface area contributed by atoms with Gasteiger partial charge in [-0.05, 0) is 70.2 Å². The van der Waals surface area contributed by atoms with E-state index in [-0.39, 0.29) is 40.9 Å². The maximum Gasteiger partial charge on any atom is 0.254 e. The number of rotatable bonds is 6. The van der Waals surface area contributed by atoms with Crippen molar-refractivity contribution in [2.75, 3.05) is 7.11 Å². The largest absolute Gasteiger partial charge is 0.493 e. The molecular formula is C30H26N2O4. The Hall–Kier alpha value is -3.93. The minimum atomic E-state index is -0.244. The van der Waals surface area contributed by atoms with Crippen LogP contribution in [0.15, 0.2) is 77.9 Å². The summed E-state index contributed by atoms with van der Waals surface area (Å²) in [4.78, 5) is 26.3. The van der Waals surface area contributed by atoms with Crippen molar-refractivity contribution in [2.24, 2.45) is 34.2 Å². The van der Waals surface area contributed by atoms with Crippen LogP contribution in [0.3, 0.4) is 0 Å². The summed E-state index contributed by atoms with van der Waals surface area (Å²) in [5, 5.41) is 7.74. The van der Waals surface area contributed by atoms with Crippen molar-refractivity contribution in [1.82, 2.24) is 5.01 Å². The maximum atomic E-state index is 13.1. The van der Waals surface area contributed by atoms with Gasteiger partial charge < -0.3 is 9.47 Å². The van der Waals surface area contributed by atoms with Gasteiger partial charge in [0.2, 0.25) is 0 Å². The Morgan fingerprint density at radius 1 is 0.944 bits per heavy atom. The van der Waals surface area contributed by atoms with Crippen LogP contribution in [0, 0.1) is 29.1 Å². The number of benzene rings is 3. The van der Waals surface area contributed by atoms with Crippen LogP contribution < -0.4 is 9.47 Å². The van der Waals surface area contributed by atoms with Crippen molar-refractivity contribution in [1.29, 1.82) is 0 Å².